The second-order valence-corrected chi connectivity index (χ2v) is 8.93. The third-order valence-electron chi connectivity index (χ3n) is 4.18. The summed E-state index contributed by atoms with van der Waals surface area (Å²) in [5, 5.41) is 2.83. The number of nitrogens with one attached hydrogen (secondary N) is 2. The van der Waals surface area contributed by atoms with Crippen LogP contribution >= 0.6 is 0 Å². The van der Waals surface area contributed by atoms with E-state index in [0.717, 1.165) is 11.1 Å². The van der Waals surface area contributed by atoms with Gasteiger partial charge in [0, 0.05) is 12.1 Å². The van der Waals surface area contributed by atoms with Crippen molar-refractivity contribution in [2.45, 2.75) is 50.8 Å². The number of benzene rings is 1. The second-order valence-electron chi connectivity index (χ2n) is 7.16. The minimum absolute atomic E-state index is 0.133. The first kappa shape index (κ1) is 19.8. The third kappa shape index (κ3) is 5.24. The normalized spacial score (nSPS) is 16.5. The molecule has 0 radical (unpaired) electrons. The van der Waals surface area contributed by atoms with Crippen LogP contribution in [-0.2, 0) is 32.8 Å². The number of carbonyl (C=O) groups is 1. The van der Waals surface area contributed by atoms with Crippen LogP contribution in [0, 0.1) is 5.92 Å². The standard InChI is InChI=1S/C17H27N3O4S/c1-12(2)7-17(3,11-18)20-16(21)8-19-25(22,23)15-5-4-13-9-24-10-14(13)6-15/h4-6,12,19H,7-11,18H2,1-3H3,(H,20,21). The summed E-state index contributed by atoms with van der Waals surface area (Å²) in [4.78, 5) is 12.3. The van der Waals surface area contributed by atoms with Gasteiger partial charge in [0.15, 0.2) is 0 Å². The van der Waals surface area contributed by atoms with E-state index >= 15 is 0 Å². The molecule has 1 atom stereocenters. The molecule has 0 saturated heterocycles. The van der Waals surface area contributed by atoms with Crippen LogP contribution in [0.25, 0.3) is 0 Å². The third-order valence-corrected chi connectivity index (χ3v) is 5.58. The molecule has 0 saturated carbocycles. The molecule has 0 aliphatic carbocycles. The van der Waals surface area contributed by atoms with E-state index in [2.05, 4.69) is 10.0 Å². The molecule has 1 aromatic carbocycles. The average molecular weight is 369 g/mol. The van der Waals surface area contributed by atoms with Gasteiger partial charge in [-0.25, -0.2) is 13.1 Å². The molecule has 2 rings (SSSR count). The first-order valence-corrected chi connectivity index (χ1v) is 9.84. The van der Waals surface area contributed by atoms with E-state index in [1.807, 2.05) is 20.8 Å². The highest BCUT2D eigenvalue weighted by atomic mass is 32.2. The van der Waals surface area contributed by atoms with Crippen LogP contribution in [0.1, 0.15) is 38.3 Å². The summed E-state index contributed by atoms with van der Waals surface area (Å²) in [5.41, 5.74) is 7.06. The number of sulfonamides is 1. The van der Waals surface area contributed by atoms with Gasteiger partial charge in [0.1, 0.15) is 0 Å². The van der Waals surface area contributed by atoms with Crippen molar-refractivity contribution < 1.29 is 17.9 Å². The fourth-order valence-electron chi connectivity index (χ4n) is 3.03. The zero-order chi connectivity index (χ0) is 18.7. The highest BCUT2D eigenvalue weighted by Crippen LogP contribution is 2.23. The molecule has 1 amide bonds. The van der Waals surface area contributed by atoms with Crippen molar-refractivity contribution in [1.29, 1.82) is 0 Å². The first-order chi connectivity index (χ1) is 11.6. The van der Waals surface area contributed by atoms with Gasteiger partial charge >= 0.3 is 0 Å². The molecule has 1 aromatic rings. The van der Waals surface area contributed by atoms with E-state index in [9.17, 15) is 13.2 Å². The van der Waals surface area contributed by atoms with Gasteiger partial charge in [-0.3, -0.25) is 4.79 Å². The zero-order valence-electron chi connectivity index (χ0n) is 15.0. The lowest BCUT2D eigenvalue weighted by atomic mass is 9.91. The number of fused-ring (bicyclic) bond motifs is 1. The van der Waals surface area contributed by atoms with E-state index < -0.39 is 21.5 Å². The van der Waals surface area contributed by atoms with Gasteiger partial charge in [-0.1, -0.05) is 19.9 Å². The summed E-state index contributed by atoms with van der Waals surface area (Å²) >= 11 is 0. The van der Waals surface area contributed by atoms with Crippen LogP contribution in [0.2, 0.25) is 0 Å². The maximum atomic E-state index is 12.4. The number of carbonyl (C=O) groups excluding carboxylic acids is 1. The summed E-state index contributed by atoms with van der Waals surface area (Å²) in [6, 6.07) is 4.85. The topological polar surface area (TPSA) is 111 Å². The Bertz CT molecular complexity index is 733. The molecule has 1 aliphatic heterocycles. The monoisotopic (exact) mass is 369 g/mol. The maximum Gasteiger partial charge on any atom is 0.241 e. The fourth-order valence-corrected chi connectivity index (χ4v) is 4.06. The van der Waals surface area contributed by atoms with E-state index in [-0.39, 0.29) is 18.0 Å². The average Bonchev–Trinajstić information content (AvgIpc) is 3.00. The van der Waals surface area contributed by atoms with Crippen LogP contribution < -0.4 is 15.8 Å². The maximum absolute atomic E-state index is 12.4. The quantitative estimate of drug-likeness (QED) is 0.630. The SMILES string of the molecule is CC(C)CC(C)(CN)NC(=O)CNS(=O)(=O)c1ccc2c(c1)COC2. The Labute approximate surface area is 149 Å². The number of amides is 1. The van der Waals surface area contributed by atoms with Crippen molar-refractivity contribution in [2.24, 2.45) is 11.7 Å². The summed E-state index contributed by atoms with van der Waals surface area (Å²) in [7, 11) is -3.76. The smallest absolute Gasteiger partial charge is 0.241 e. The van der Waals surface area contributed by atoms with E-state index in [0.29, 0.717) is 25.6 Å². The molecule has 0 spiro atoms. The van der Waals surface area contributed by atoms with Crippen molar-refractivity contribution in [1.82, 2.24) is 10.0 Å². The van der Waals surface area contributed by atoms with Crippen LogP contribution in [0.3, 0.4) is 0 Å². The first-order valence-electron chi connectivity index (χ1n) is 8.35. The van der Waals surface area contributed by atoms with Crippen molar-refractivity contribution in [3.8, 4) is 0 Å². The molecule has 7 nitrogen and oxygen atoms in total. The van der Waals surface area contributed by atoms with Gasteiger partial charge in [-0.15, -0.1) is 0 Å². The van der Waals surface area contributed by atoms with Gasteiger partial charge in [0.05, 0.1) is 24.7 Å². The lowest BCUT2D eigenvalue weighted by Gasteiger charge is -2.31. The lowest BCUT2D eigenvalue weighted by Crippen LogP contribution is -2.54. The summed E-state index contributed by atoms with van der Waals surface area (Å²) < 4.78 is 32.4. The Kier molecular flexibility index (Phi) is 6.21. The van der Waals surface area contributed by atoms with Crippen molar-refractivity contribution in [2.75, 3.05) is 13.1 Å². The molecule has 0 aromatic heterocycles. The van der Waals surface area contributed by atoms with Crippen molar-refractivity contribution >= 4 is 15.9 Å². The van der Waals surface area contributed by atoms with Gasteiger partial charge < -0.3 is 15.8 Å². The van der Waals surface area contributed by atoms with Gasteiger partial charge in [0.2, 0.25) is 15.9 Å². The van der Waals surface area contributed by atoms with Crippen molar-refractivity contribution in [3.05, 3.63) is 29.3 Å². The zero-order valence-corrected chi connectivity index (χ0v) is 15.8. The van der Waals surface area contributed by atoms with E-state index in [1.165, 1.54) is 6.07 Å². The minimum Gasteiger partial charge on any atom is -0.372 e. The number of hydrogen-bond donors (Lipinski definition) is 3. The molecule has 1 aliphatic rings. The Balaban J connectivity index is 1.98. The predicted molar refractivity (Wildman–Crippen MR) is 95.2 cm³/mol. The molecule has 140 valence electrons. The number of rotatable bonds is 8. The summed E-state index contributed by atoms with van der Waals surface area (Å²) in [5.74, 6) is -0.0409. The fraction of sp³-hybridized carbons (Fsp3) is 0.588. The second kappa shape index (κ2) is 7.82. The van der Waals surface area contributed by atoms with Gasteiger partial charge in [-0.2, -0.15) is 0 Å². The van der Waals surface area contributed by atoms with E-state index in [4.69, 9.17) is 10.5 Å². The van der Waals surface area contributed by atoms with Crippen LogP contribution in [-0.4, -0.2) is 33.0 Å². The van der Waals surface area contributed by atoms with E-state index in [1.54, 1.807) is 12.1 Å². The van der Waals surface area contributed by atoms with Crippen molar-refractivity contribution in [3.63, 3.8) is 0 Å². The Morgan fingerprint density at radius 2 is 2.00 bits per heavy atom. The Morgan fingerprint density at radius 3 is 2.64 bits per heavy atom. The molecule has 1 heterocycles. The molecule has 25 heavy (non-hydrogen) atoms. The summed E-state index contributed by atoms with van der Waals surface area (Å²) in [6.07, 6.45) is 0.715. The molecule has 4 N–H and O–H groups in total. The van der Waals surface area contributed by atoms with Crippen LogP contribution in [0.15, 0.2) is 23.1 Å². The molecule has 8 heteroatoms. The molecule has 1 unspecified atom stereocenters. The largest absolute Gasteiger partial charge is 0.372 e. The molecular weight excluding hydrogens is 342 g/mol. The highest BCUT2D eigenvalue weighted by molar-refractivity contribution is 7.89. The minimum atomic E-state index is -3.76. The van der Waals surface area contributed by atoms with Gasteiger partial charge in [0.25, 0.3) is 0 Å². The lowest BCUT2D eigenvalue weighted by molar-refractivity contribution is -0.121. The molecule has 0 fully saturated rings. The number of nitrogens with two attached hydrogens (primary N) is 1. The number of hydrogen-bond acceptors (Lipinski definition) is 5. The summed E-state index contributed by atoms with van der Waals surface area (Å²) in [6.45, 7) is 6.81. The Morgan fingerprint density at radius 1 is 1.32 bits per heavy atom. The van der Waals surface area contributed by atoms with Crippen LogP contribution in [0.4, 0.5) is 0 Å². The number of ether oxygens (including phenoxy) is 1. The molecular formula is C17H27N3O4S. The van der Waals surface area contributed by atoms with Gasteiger partial charge in [-0.05, 0) is 42.5 Å². The van der Waals surface area contributed by atoms with Crippen LogP contribution in [0.5, 0.6) is 0 Å². The highest BCUT2D eigenvalue weighted by Gasteiger charge is 2.26. The predicted octanol–water partition coefficient (Wildman–Crippen LogP) is 0.875. The Hall–Kier alpha value is -1.48. The molecule has 0 bridgehead atoms.